The molecule has 0 aliphatic heterocycles. The molecule has 0 unspecified atom stereocenters. The maximum atomic E-state index is 5.43. The molecule has 0 radical (unpaired) electrons. The summed E-state index contributed by atoms with van der Waals surface area (Å²) in [5, 5.41) is 0. The minimum atomic E-state index is -1.82. The van der Waals surface area contributed by atoms with Gasteiger partial charge in [-0.15, -0.1) is 0 Å². The highest BCUT2D eigenvalue weighted by Gasteiger charge is 2.27. The second-order valence-corrected chi connectivity index (χ2v) is 7.44. The van der Waals surface area contributed by atoms with Crippen LogP contribution in [0.25, 0.3) is 0 Å². The fraction of sp³-hybridized carbons (Fsp3) is 0.636. The lowest BCUT2D eigenvalue weighted by atomic mass is 10.1. The third-order valence-corrected chi connectivity index (χ3v) is 5.83. The zero-order valence-corrected chi connectivity index (χ0v) is 10.4. The van der Waals surface area contributed by atoms with Crippen molar-refractivity contribution in [3.8, 4) is 0 Å². The average molecular weight is 212 g/mol. The Balaban J connectivity index is 2.20. The maximum absolute atomic E-state index is 5.43. The Morgan fingerprint density at radius 3 is 2.57 bits per heavy atom. The summed E-state index contributed by atoms with van der Waals surface area (Å²) in [7, 11) is 1.70. The first kappa shape index (κ1) is 11.7. The van der Waals surface area contributed by atoms with E-state index in [0.717, 1.165) is 12.5 Å². The van der Waals surface area contributed by atoms with Gasteiger partial charge < -0.3 is 8.85 Å². The van der Waals surface area contributed by atoms with Crippen LogP contribution in [0.4, 0.5) is 0 Å². The maximum Gasteiger partial charge on any atom is 0.334 e. The highest BCUT2D eigenvalue weighted by atomic mass is 28.4. The van der Waals surface area contributed by atoms with E-state index in [2.05, 4.69) is 24.8 Å². The lowest BCUT2D eigenvalue weighted by molar-refractivity contribution is 0.248. The number of allylic oxidation sites excluding steroid dienone is 4. The molecule has 0 heterocycles. The minimum Gasteiger partial charge on any atom is -0.398 e. The SMILES string of the molecule is CO[Si](C)(CCCC1=CC=CC1)OC. The molecule has 1 aliphatic rings. The second-order valence-electron chi connectivity index (χ2n) is 3.85. The summed E-state index contributed by atoms with van der Waals surface area (Å²) in [4.78, 5) is 0. The summed E-state index contributed by atoms with van der Waals surface area (Å²) in [6, 6.07) is 1.08. The van der Waals surface area contributed by atoms with Crippen LogP contribution < -0.4 is 0 Å². The van der Waals surface area contributed by atoms with Crippen LogP contribution in [0, 0.1) is 0 Å². The summed E-state index contributed by atoms with van der Waals surface area (Å²) < 4.78 is 10.9. The van der Waals surface area contributed by atoms with Crippen molar-refractivity contribution in [2.75, 3.05) is 14.2 Å². The summed E-state index contributed by atoms with van der Waals surface area (Å²) in [5.74, 6) is 0. The molecule has 0 saturated carbocycles. The number of hydrogen-bond acceptors (Lipinski definition) is 2. The van der Waals surface area contributed by atoms with Crippen LogP contribution in [0.5, 0.6) is 0 Å². The van der Waals surface area contributed by atoms with Gasteiger partial charge in [0.05, 0.1) is 0 Å². The summed E-state index contributed by atoms with van der Waals surface area (Å²) in [6.07, 6.45) is 10.1. The van der Waals surface area contributed by atoms with Crippen molar-refractivity contribution in [1.29, 1.82) is 0 Å². The molecule has 3 heteroatoms. The van der Waals surface area contributed by atoms with E-state index in [0.29, 0.717) is 0 Å². The van der Waals surface area contributed by atoms with Crippen molar-refractivity contribution < 1.29 is 8.85 Å². The Bertz CT molecular complexity index is 229. The zero-order chi connectivity index (χ0) is 10.4. The molecule has 0 aromatic rings. The summed E-state index contributed by atoms with van der Waals surface area (Å²) in [5.41, 5.74) is 1.54. The molecule has 1 rings (SSSR count). The smallest absolute Gasteiger partial charge is 0.334 e. The highest BCUT2D eigenvalue weighted by Crippen LogP contribution is 2.21. The molecule has 1 aliphatic carbocycles. The molecule has 0 N–H and O–H groups in total. The van der Waals surface area contributed by atoms with Gasteiger partial charge in [-0.1, -0.05) is 23.8 Å². The van der Waals surface area contributed by atoms with Crippen LogP contribution in [-0.4, -0.2) is 22.8 Å². The van der Waals surface area contributed by atoms with E-state index in [1.54, 1.807) is 14.2 Å². The molecule has 0 spiro atoms. The number of rotatable bonds is 6. The van der Waals surface area contributed by atoms with Crippen molar-refractivity contribution in [3.63, 3.8) is 0 Å². The van der Waals surface area contributed by atoms with E-state index >= 15 is 0 Å². The Hall–Kier alpha value is -0.383. The van der Waals surface area contributed by atoms with Gasteiger partial charge in [0.2, 0.25) is 0 Å². The molecule has 0 amide bonds. The van der Waals surface area contributed by atoms with E-state index in [1.165, 1.54) is 18.4 Å². The second kappa shape index (κ2) is 5.49. The van der Waals surface area contributed by atoms with Gasteiger partial charge in [-0.05, 0) is 31.9 Å². The van der Waals surface area contributed by atoms with Crippen LogP contribution in [0.15, 0.2) is 23.8 Å². The van der Waals surface area contributed by atoms with Gasteiger partial charge in [0.25, 0.3) is 0 Å². The molecule has 2 nitrogen and oxygen atoms in total. The Morgan fingerprint density at radius 1 is 1.36 bits per heavy atom. The lowest BCUT2D eigenvalue weighted by Gasteiger charge is -2.22. The molecular formula is C11H20O2Si. The predicted octanol–water partition coefficient (Wildman–Crippen LogP) is 3.02. The van der Waals surface area contributed by atoms with Crippen molar-refractivity contribution >= 4 is 8.56 Å². The average Bonchev–Trinajstić information content (AvgIpc) is 2.70. The first-order valence-electron chi connectivity index (χ1n) is 5.15. The van der Waals surface area contributed by atoms with Crippen LogP contribution in [-0.2, 0) is 8.85 Å². The summed E-state index contributed by atoms with van der Waals surface area (Å²) >= 11 is 0. The molecule has 0 atom stereocenters. The topological polar surface area (TPSA) is 18.5 Å². The van der Waals surface area contributed by atoms with Gasteiger partial charge in [0.1, 0.15) is 0 Å². The third-order valence-electron chi connectivity index (χ3n) is 2.84. The van der Waals surface area contributed by atoms with Gasteiger partial charge >= 0.3 is 8.56 Å². The first-order valence-corrected chi connectivity index (χ1v) is 7.67. The van der Waals surface area contributed by atoms with Crippen LogP contribution in [0.1, 0.15) is 19.3 Å². The molecule has 0 bridgehead atoms. The molecular weight excluding hydrogens is 192 g/mol. The van der Waals surface area contributed by atoms with Crippen LogP contribution in [0.2, 0.25) is 12.6 Å². The summed E-state index contributed by atoms with van der Waals surface area (Å²) in [6.45, 7) is 2.12. The van der Waals surface area contributed by atoms with E-state index in [9.17, 15) is 0 Å². The normalized spacial score (nSPS) is 16.1. The predicted molar refractivity (Wildman–Crippen MR) is 61.5 cm³/mol. The molecule has 0 aromatic heterocycles. The van der Waals surface area contributed by atoms with Gasteiger partial charge in [0, 0.05) is 14.2 Å². The largest absolute Gasteiger partial charge is 0.398 e. The lowest BCUT2D eigenvalue weighted by Crippen LogP contribution is -2.35. The standard InChI is InChI=1S/C11H20O2Si/c1-12-14(3,13-2)10-6-9-11-7-4-5-8-11/h4-5,7H,6,8-10H2,1-3H3. The highest BCUT2D eigenvalue weighted by molar-refractivity contribution is 6.65. The Labute approximate surface area is 87.9 Å². The van der Waals surface area contributed by atoms with E-state index in [-0.39, 0.29) is 0 Å². The first-order chi connectivity index (χ1) is 6.70. The van der Waals surface area contributed by atoms with Crippen LogP contribution in [0.3, 0.4) is 0 Å². The van der Waals surface area contributed by atoms with Gasteiger partial charge in [-0.25, -0.2) is 0 Å². The molecule has 80 valence electrons. The zero-order valence-electron chi connectivity index (χ0n) is 9.38. The molecule has 14 heavy (non-hydrogen) atoms. The third kappa shape index (κ3) is 3.40. The quantitative estimate of drug-likeness (QED) is 0.630. The van der Waals surface area contributed by atoms with E-state index < -0.39 is 8.56 Å². The van der Waals surface area contributed by atoms with Crippen molar-refractivity contribution in [3.05, 3.63) is 23.8 Å². The van der Waals surface area contributed by atoms with Crippen molar-refractivity contribution in [2.24, 2.45) is 0 Å². The molecule has 0 saturated heterocycles. The van der Waals surface area contributed by atoms with Crippen molar-refractivity contribution in [1.82, 2.24) is 0 Å². The van der Waals surface area contributed by atoms with Gasteiger partial charge in [-0.2, -0.15) is 0 Å². The van der Waals surface area contributed by atoms with Crippen molar-refractivity contribution in [2.45, 2.75) is 31.9 Å². The Kier molecular flexibility index (Phi) is 4.58. The molecule has 0 aromatic carbocycles. The fourth-order valence-corrected chi connectivity index (χ4v) is 2.99. The monoisotopic (exact) mass is 212 g/mol. The van der Waals surface area contributed by atoms with E-state index in [1.807, 2.05) is 0 Å². The van der Waals surface area contributed by atoms with Gasteiger partial charge in [-0.3, -0.25) is 0 Å². The Morgan fingerprint density at radius 2 is 2.07 bits per heavy atom. The van der Waals surface area contributed by atoms with Gasteiger partial charge in [0.15, 0.2) is 0 Å². The van der Waals surface area contributed by atoms with E-state index in [4.69, 9.17) is 8.85 Å². The van der Waals surface area contributed by atoms with Crippen LogP contribution >= 0.6 is 0 Å². The fourth-order valence-electron chi connectivity index (χ4n) is 1.60. The number of hydrogen-bond donors (Lipinski definition) is 0. The minimum absolute atomic E-state index is 1.08. The molecule has 0 fully saturated rings.